The number of carbonyl (C=O) groups excluding carboxylic acids is 1. The molecule has 2 rings (SSSR count). The van der Waals surface area contributed by atoms with Gasteiger partial charge in [0.05, 0.1) is 18.6 Å². The minimum Gasteiger partial charge on any atom is -0.492 e. The molecule has 0 atom stereocenters. The average Bonchev–Trinajstić information content (AvgIpc) is 2.55. The summed E-state index contributed by atoms with van der Waals surface area (Å²) in [5, 5.41) is 2.70. The van der Waals surface area contributed by atoms with Crippen LogP contribution < -0.4 is 14.4 Å². The van der Waals surface area contributed by atoms with Gasteiger partial charge in [-0.05, 0) is 65.9 Å². The van der Waals surface area contributed by atoms with E-state index in [9.17, 15) is 13.2 Å². The maximum atomic E-state index is 12.3. The molecule has 0 radical (unpaired) electrons. The minimum absolute atomic E-state index is 0.338. The van der Waals surface area contributed by atoms with Crippen LogP contribution in [0.15, 0.2) is 48.5 Å². The van der Waals surface area contributed by atoms with E-state index in [1.807, 2.05) is 19.1 Å². The van der Waals surface area contributed by atoms with Gasteiger partial charge < -0.3 is 10.1 Å². The Bertz CT molecular complexity index is 838. The molecule has 25 heavy (non-hydrogen) atoms. The SMILES string of the molecule is CCOc1ccccc1N(CC(=O)Nc1ccc(I)cc1)S(C)(=O)=O. The largest absolute Gasteiger partial charge is 0.492 e. The second kappa shape index (κ2) is 8.52. The van der Waals surface area contributed by atoms with E-state index < -0.39 is 15.9 Å². The zero-order valence-corrected chi connectivity index (χ0v) is 16.9. The second-order valence-corrected chi connectivity index (χ2v) is 8.38. The van der Waals surface area contributed by atoms with Crippen molar-refractivity contribution < 1.29 is 17.9 Å². The number of sulfonamides is 1. The topological polar surface area (TPSA) is 75.7 Å². The Morgan fingerprint density at radius 1 is 1.16 bits per heavy atom. The van der Waals surface area contributed by atoms with Crippen molar-refractivity contribution in [1.29, 1.82) is 0 Å². The zero-order chi connectivity index (χ0) is 18.4. The van der Waals surface area contributed by atoms with Crippen LogP contribution in [0.3, 0.4) is 0 Å². The molecule has 1 amide bonds. The summed E-state index contributed by atoms with van der Waals surface area (Å²) in [7, 11) is -3.66. The second-order valence-electron chi connectivity index (χ2n) is 5.23. The van der Waals surface area contributed by atoms with Gasteiger partial charge in [-0.1, -0.05) is 12.1 Å². The molecule has 2 aromatic carbocycles. The van der Waals surface area contributed by atoms with E-state index in [1.165, 1.54) is 0 Å². The van der Waals surface area contributed by atoms with Gasteiger partial charge in [0.2, 0.25) is 15.9 Å². The Morgan fingerprint density at radius 2 is 1.80 bits per heavy atom. The summed E-state index contributed by atoms with van der Waals surface area (Å²) in [6, 6.07) is 14.0. The number of para-hydroxylation sites is 2. The standard InChI is InChI=1S/C17H19IN2O4S/c1-3-24-16-7-5-4-6-15(16)20(25(2,22)23)12-17(21)19-14-10-8-13(18)9-11-14/h4-11H,3,12H2,1-2H3,(H,19,21). The highest BCUT2D eigenvalue weighted by Gasteiger charge is 2.23. The summed E-state index contributed by atoms with van der Waals surface area (Å²) < 4.78 is 32.0. The summed E-state index contributed by atoms with van der Waals surface area (Å²) in [4.78, 5) is 12.3. The third-order valence-corrected chi connectivity index (χ3v) is 5.09. The van der Waals surface area contributed by atoms with Crippen LogP contribution in [0.1, 0.15) is 6.92 Å². The molecule has 0 aliphatic carbocycles. The number of amides is 1. The summed E-state index contributed by atoms with van der Waals surface area (Å²) in [6.07, 6.45) is 1.06. The molecule has 0 fully saturated rings. The monoisotopic (exact) mass is 474 g/mol. The van der Waals surface area contributed by atoms with E-state index in [2.05, 4.69) is 27.9 Å². The van der Waals surface area contributed by atoms with Crippen molar-refractivity contribution in [3.8, 4) is 5.75 Å². The van der Waals surface area contributed by atoms with Crippen molar-refractivity contribution in [1.82, 2.24) is 0 Å². The van der Waals surface area contributed by atoms with E-state index in [0.29, 0.717) is 23.7 Å². The van der Waals surface area contributed by atoms with E-state index in [1.54, 1.807) is 36.4 Å². The molecular weight excluding hydrogens is 455 g/mol. The lowest BCUT2D eigenvalue weighted by Crippen LogP contribution is -2.37. The maximum absolute atomic E-state index is 12.3. The van der Waals surface area contributed by atoms with E-state index in [-0.39, 0.29) is 6.54 Å². The normalized spacial score (nSPS) is 11.0. The number of rotatable bonds is 7. The van der Waals surface area contributed by atoms with Crippen LogP contribution in [-0.4, -0.2) is 33.7 Å². The molecule has 6 nitrogen and oxygen atoms in total. The molecule has 0 unspecified atom stereocenters. The number of hydrogen-bond acceptors (Lipinski definition) is 4. The van der Waals surface area contributed by atoms with Gasteiger partial charge >= 0.3 is 0 Å². The van der Waals surface area contributed by atoms with Crippen molar-refractivity contribution in [2.45, 2.75) is 6.92 Å². The highest BCUT2D eigenvalue weighted by molar-refractivity contribution is 14.1. The van der Waals surface area contributed by atoms with E-state index in [0.717, 1.165) is 14.1 Å². The minimum atomic E-state index is -3.66. The first-order valence-electron chi connectivity index (χ1n) is 7.56. The number of halogens is 1. The van der Waals surface area contributed by atoms with Crippen LogP contribution in [0.4, 0.5) is 11.4 Å². The molecule has 2 aromatic rings. The van der Waals surface area contributed by atoms with Crippen LogP contribution in [0.25, 0.3) is 0 Å². The Labute approximate surface area is 161 Å². The van der Waals surface area contributed by atoms with Gasteiger partial charge in [-0.25, -0.2) is 8.42 Å². The molecule has 0 bridgehead atoms. The molecule has 1 N–H and O–H groups in total. The van der Waals surface area contributed by atoms with Crippen molar-refractivity contribution in [2.75, 3.05) is 29.0 Å². The van der Waals surface area contributed by atoms with Crippen molar-refractivity contribution in [2.24, 2.45) is 0 Å². The Balaban J connectivity index is 2.24. The summed E-state index contributed by atoms with van der Waals surface area (Å²) >= 11 is 2.17. The fourth-order valence-corrected chi connectivity index (χ4v) is 3.41. The highest BCUT2D eigenvalue weighted by atomic mass is 127. The Morgan fingerprint density at radius 3 is 2.40 bits per heavy atom. The lowest BCUT2D eigenvalue weighted by Gasteiger charge is -2.24. The number of nitrogens with zero attached hydrogens (tertiary/aromatic N) is 1. The predicted octanol–water partition coefficient (Wildman–Crippen LogP) is 3.09. The van der Waals surface area contributed by atoms with Crippen LogP contribution >= 0.6 is 22.6 Å². The summed E-state index contributed by atoms with van der Waals surface area (Å²) in [5.41, 5.74) is 0.946. The van der Waals surface area contributed by atoms with Gasteiger partial charge in [-0.15, -0.1) is 0 Å². The lowest BCUT2D eigenvalue weighted by molar-refractivity contribution is -0.114. The van der Waals surface area contributed by atoms with Gasteiger partial charge in [0, 0.05) is 9.26 Å². The molecule has 8 heteroatoms. The van der Waals surface area contributed by atoms with E-state index >= 15 is 0 Å². The average molecular weight is 474 g/mol. The zero-order valence-electron chi connectivity index (χ0n) is 13.9. The first-order valence-corrected chi connectivity index (χ1v) is 10.5. The molecule has 0 heterocycles. The van der Waals surface area contributed by atoms with Gasteiger partial charge in [0.25, 0.3) is 0 Å². The van der Waals surface area contributed by atoms with Gasteiger partial charge in [-0.3, -0.25) is 9.10 Å². The van der Waals surface area contributed by atoms with Crippen molar-refractivity contribution in [3.05, 3.63) is 52.1 Å². The highest BCUT2D eigenvalue weighted by Crippen LogP contribution is 2.29. The Hall–Kier alpha value is -1.81. The summed E-state index contributed by atoms with van der Waals surface area (Å²) in [5.74, 6) is -0.0181. The molecule has 0 spiro atoms. The fourth-order valence-electron chi connectivity index (χ4n) is 2.19. The lowest BCUT2D eigenvalue weighted by atomic mass is 10.3. The number of benzene rings is 2. The quantitative estimate of drug-likeness (QED) is 0.626. The molecule has 0 aliphatic heterocycles. The third-order valence-electron chi connectivity index (χ3n) is 3.25. The van der Waals surface area contributed by atoms with Crippen LogP contribution in [0.5, 0.6) is 5.75 Å². The third kappa shape index (κ3) is 5.60. The van der Waals surface area contributed by atoms with Crippen LogP contribution in [-0.2, 0) is 14.8 Å². The molecule has 0 aliphatic rings. The number of hydrogen-bond donors (Lipinski definition) is 1. The van der Waals surface area contributed by atoms with Crippen LogP contribution in [0, 0.1) is 3.57 Å². The fraction of sp³-hybridized carbons (Fsp3) is 0.235. The van der Waals surface area contributed by atoms with Crippen molar-refractivity contribution in [3.63, 3.8) is 0 Å². The molecule has 0 aromatic heterocycles. The van der Waals surface area contributed by atoms with Gasteiger partial charge in [0.15, 0.2) is 0 Å². The molecule has 0 saturated heterocycles. The first kappa shape index (κ1) is 19.5. The van der Waals surface area contributed by atoms with Crippen LogP contribution in [0.2, 0.25) is 0 Å². The first-order chi connectivity index (χ1) is 11.8. The van der Waals surface area contributed by atoms with Crippen molar-refractivity contribution >= 4 is 49.9 Å². The number of carbonyl (C=O) groups is 1. The van der Waals surface area contributed by atoms with Gasteiger partial charge in [-0.2, -0.15) is 0 Å². The van der Waals surface area contributed by atoms with Gasteiger partial charge in [0.1, 0.15) is 12.3 Å². The summed E-state index contributed by atoms with van der Waals surface area (Å²) in [6.45, 7) is 1.86. The molecular formula is C17H19IN2O4S. The number of anilines is 2. The maximum Gasteiger partial charge on any atom is 0.245 e. The smallest absolute Gasteiger partial charge is 0.245 e. The Kier molecular flexibility index (Phi) is 6.65. The molecule has 134 valence electrons. The number of ether oxygens (including phenoxy) is 1. The molecule has 0 saturated carbocycles. The predicted molar refractivity (Wildman–Crippen MR) is 108 cm³/mol. The number of nitrogens with one attached hydrogen (secondary N) is 1. The van der Waals surface area contributed by atoms with E-state index in [4.69, 9.17) is 4.74 Å².